The van der Waals surface area contributed by atoms with Gasteiger partial charge in [0.1, 0.15) is 0 Å². The SMILES string of the molecule is O=C([O-])c1ccccc1.O=C([O-])c1ccccc1.O=C([O-])c1ccccc1.O=C([O-])c1ccccc1.O=C([O-])c1ccccc1.O=C([O-])c1ccccc1.O=C([O-])c1ccccc1.O=C([O-])c1ccccc1.[Dy+3].[Dy+3].[Na+].[Na+]. The van der Waals surface area contributed by atoms with Gasteiger partial charge in [0.15, 0.2) is 0 Å². The first-order valence-corrected chi connectivity index (χ1v) is 20.6. The predicted molar refractivity (Wildman–Crippen MR) is 246 cm³/mol. The molecule has 0 aromatic heterocycles. The van der Waals surface area contributed by atoms with Gasteiger partial charge in [0, 0.05) is 0 Å². The molecule has 0 unspecified atom stereocenters. The second-order valence-corrected chi connectivity index (χ2v) is 13.2. The number of carbonyl (C=O) groups excluding carboxylic acids is 8. The van der Waals surface area contributed by atoms with E-state index in [1.165, 1.54) is 97.1 Å². The minimum absolute atomic E-state index is 0. The third-order valence-electron chi connectivity index (χ3n) is 8.08. The second kappa shape index (κ2) is 47.5. The van der Waals surface area contributed by atoms with E-state index < -0.39 is 47.8 Å². The molecule has 0 bridgehead atoms. The number of carboxylic acid groups (broad SMARTS) is 8. The summed E-state index contributed by atoms with van der Waals surface area (Å²) in [6, 6.07) is 64.5. The van der Waals surface area contributed by atoms with Crippen molar-refractivity contribution in [3.8, 4) is 0 Å². The maximum atomic E-state index is 10.1. The van der Waals surface area contributed by atoms with Crippen LogP contribution in [0.2, 0.25) is 0 Å². The average Bonchev–Trinajstić information content (AvgIpc) is 3.42. The number of hydrogen-bond acceptors (Lipinski definition) is 16. The molecule has 0 amide bonds. The fourth-order valence-electron chi connectivity index (χ4n) is 4.59. The number of carboxylic acids is 8. The van der Waals surface area contributed by atoms with Gasteiger partial charge in [0.2, 0.25) is 0 Å². The van der Waals surface area contributed by atoms with Crippen LogP contribution in [-0.2, 0) is 0 Å². The molecule has 0 aliphatic heterocycles. The van der Waals surface area contributed by atoms with E-state index in [0.29, 0.717) is 0 Å². The fourth-order valence-corrected chi connectivity index (χ4v) is 4.59. The number of aromatic carboxylic acids is 8. The van der Waals surface area contributed by atoms with Crippen molar-refractivity contribution in [2.24, 2.45) is 0 Å². The van der Waals surface area contributed by atoms with Crippen LogP contribution >= 0.6 is 0 Å². The van der Waals surface area contributed by atoms with E-state index >= 15 is 0 Å². The van der Waals surface area contributed by atoms with Gasteiger partial charge >= 0.3 is 135 Å². The van der Waals surface area contributed by atoms with Crippen LogP contribution in [0.15, 0.2) is 243 Å². The van der Waals surface area contributed by atoms with E-state index in [9.17, 15) is 79.2 Å². The Morgan fingerprint density at radius 1 is 0.171 bits per heavy atom. The van der Waals surface area contributed by atoms with Crippen molar-refractivity contribution in [3.05, 3.63) is 287 Å². The summed E-state index contributed by atoms with van der Waals surface area (Å²) in [5, 5.41) is 80.7. The zero-order chi connectivity index (χ0) is 53.5. The molecule has 0 aliphatic rings. The minimum atomic E-state index is -1.13. The minimum Gasteiger partial charge on any atom is -0.545 e. The molecule has 0 spiro atoms. The summed E-state index contributed by atoms with van der Waals surface area (Å²) in [6.07, 6.45) is 0. The second-order valence-electron chi connectivity index (χ2n) is 13.2. The Balaban J connectivity index is -0.000000387. The largest absolute Gasteiger partial charge is 3.00 e. The summed E-state index contributed by atoms with van der Waals surface area (Å²) >= 11 is 0. The van der Waals surface area contributed by atoms with Gasteiger partial charge in [0.05, 0.1) is 47.8 Å². The Morgan fingerprint density at radius 3 is 0.276 bits per heavy atom. The van der Waals surface area contributed by atoms with Crippen molar-refractivity contribution in [2.45, 2.75) is 0 Å². The van der Waals surface area contributed by atoms with Crippen LogP contribution in [0, 0.1) is 76.3 Å². The normalized spacial score (nSPS) is 8.42. The average molecular weight is 1340 g/mol. The van der Waals surface area contributed by atoms with Crippen molar-refractivity contribution in [1.29, 1.82) is 0 Å². The van der Waals surface area contributed by atoms with Crippen LogP contribution < -0.4 is 100.0 Å². The molecule has 8 aromatic rings. The Labute approximate surface area is 542 Å². The first kappa shape index (κ1) is 76.6. The molecular weight excluding hydrogens is 1300 g/mol. The van der Waals surface area contributed by atoms with Crippen molar-refractivity contribution >= 4 is 47.8 Å². The summed E-state index contributed by atoms with van der Waals surface area (Å²) < 4.78 is 0. The van der Waals surface area contributed by atoms with E-state index in [0.717, 1.165) is 0 Å². The molecule has 76 heavy (non-hydrogen) atoms. The molecule has 0 fully saturated rings. The third kappa shape index (κ3) is 37.7. The van der Waals surface area contributed by atoms with Crippen molar-refractivity contribution in [2.75, 3.05) is 0 Å². The van der Waals surface area contributed by atoms with Crippen LogP contribution in [0.3, 0.4) is 0 Å². The molecule has 20 heteroatoms. The molecule has 0 N–H and O–H groups in total. The number of hydrogen-bond donors (Lipinski definition) is 0. The molecule has 8 aromatic carbocycles. The third-order valence-corrected chi connectivity index (χ3v) is 8.08. The van der Waals surface area contributed by atoms with E-state index in [2.05, 4.69) is 0 Å². The van der Waals surface area contributed by atoms with Crippen LogP contribution in [-0.4, -0.2) is 47.8 Å². The quantitative estimate of drug-likeness (QED) is 0.128. The van der Waals surface area contributed by atoms with Crippen molar-refractivity contribution in [3.63, 3.8) is 0 Å². The van der Waals surface area contributed by atoms with E-state index in [1.54, 1.807) is 146 Å². The molecule has 0 heterocycles. The van der Waals surface area contributed by atoms with Gasteiger partial charge in [-0.2, -0.15) is 0 Å². The molecular formula is C56H40Dy2Na2O16. The number of benzene rings is 8. The van der Waals surface area contributed by atoms with E-state index in [1.807, 2.05) is 0 Å². The molecule has 382 valence electrons. The fraction of sp³-hybridized carbons (Fsp3) is 0. The van der Waals surface area contributed by atoms with Crippen molar-refractivity contribution in [1.82, 2.24) is 0 Å². The maximum Gasteiger partial charge on any atom is 3.00 e. The first-order chi connectivity index (χ1) is 34.4. The first-order valence-electron chi connectivity index (χ1n) is 20.6. The van der Waals surface area contributed by atoms with Crippen molar-refractivity contribution < 1.29 is 215 Å². The standard InChI is InChI=1S/8C7H6O2.2Dy.2Na/c8*8-7(9)6-4-2-1-3-5-6;;;;/h8*1-5H,(H,8,9);;;;/q;;;;;;;;2*+3;2*+1/p-8. The van der Waals surface area contributed by atoms with Crippen LogP contribution in [0.5, 0.6) is 0 Å². The Kier molecular flexibility index (Phi) is 47.9. The van der Waals surface area contributed by atoms with E-state index in [-0.39, 0.29) is 180 Å². The van der Waals surface area contributed by atoms with Gasteiger partial charge in [-0.3, -0.25) is 0 Å². The Morgan fingerprint density at radius 2 is 0.237 bits per heavy atom. The summed E-state index contributed by atoms with van der Waals surface area (Å²) in [5.74, 6) is -9.03. The number of rotatable bonds is 8. The zero-order valence-corrected chi connectivity index (χ0v) is 48.3. The zero-order valence-electron chi connectivity index (χ0n) is 40.3. The van der Waals surface area contributed by atoms with Crippen LogP contribution in [0.4, 0.5) is 0 Å². The molecule has 0 atom stereocenters. The van der Waals surface area contributed by atoms with Gasteiger partial charge in [-0.1, -0.05) is 243 Å². The van der Waals surface area contributed by atoms with Crippen LogP contribution in [0.1, 0.15) is 82.9 Å². The predicted octanol–water partition coefficient (Wildman–Crippen LogP) is -5.59. The van der Waals surface area contributed by atoms with Gasteiger partial charge < -0.3 is 79.2 Å². The summed E-state index contributed by atoms with van der Waals surface area (Å²) in [7, 11) is 0. The Bertz CT molecular complexity index is 2250. The topological polar surface area (TPSA) is 321 Å². The van der Waals surface area contributed by atoms with Gasteiger partial charge in [-0.05, 0) is 44.5 Å². The number of carbonyl (C=O) groups is 8. The molecule has 0 saturated heterocycles. The molecule has 0 aliphatic carbocycles. The molecule has 2 radical (unpaired) electrons. The van der Waals surface area contributed by atoms with E-state index in [4.69, 9.17) is 0 Å². The smallest absolute Gasteiger partial charge is 0.545 e. The summed E-state index contributed by atoms with van der Waals surface area (Å²) in [5.41, 5.74) is 1.76. The Hall–Kier alpha value is -5.93. The van der Waals surface area contributed by atoms with Gasteiger partial charge in [-0.25, -0.2) is 0 Å². The van der Waals surface area contributed by atoms with Crippen LogP contribution in [0.25, 0.3) is 0 Å². The summed E-state index contributed by atoms with van der Waals surface area (Å²) in [6.45, 7) is 0. The molecule has 16 nitrogen and oxygen atoms in total. The monoisotopic (exact) mass is 1340 g/mol. The summed E-state index contributed by atoms with van der Waals surface area (Å²) in [4.78, 5) is 80.7. The van der Waals surface area contributed by atoms with Gasteiger partial charge in [0.25, 0.3) is 0 Å². The maximum absolute atomic E-state index is 10.1. The molecule has 0 saturated carbocycles. The molecule has 8 rings (SSSR count). The van der Waals surface area contributed by atoms with Gasteiger partial charge in [-0.15, -0.1) is 0 Å².